The number of rotatable bonds is 5. The smallest absolute Gasteiger partial charge is 0.288 e. The SMILES string of the molecule is Cn1cc(CCNC(=O)c2ccc(Cl)c([N+](=O)[O-])c2)cn1. The third-order valence-corrected chi connectivity index (χ3v) is 3.18. The maximum absolute atomic E-state index is 11.9. The second-order valence-electron chi connectivity index (χ2n) is 4.45. The third kappa shape index (κ3) is 3.79. The summed E-state index contributed by atoms with van der Waals surface area (Å²) in [5.74, 6) is -0.376. The minimum absolute atomic E-state index is 0.00640. The van der Waals surface area contributed by atoms with Gasteiger partial charge in [-0.15, -0.1) is 0 Å². The lowest BCUT2D eigenvalue weighted by molar-refractivity contribution is -0.384. The Bertz CT molecular complexity index is 684. The van der Waals surface area contributed by atoms with Gasteiger partial charge in [-0.25, -0.2) is 0 Å². The summed E-state index contributed by atoms with van der Waals surface area (Å²) >= 11 is 5.70. The zero-order chi connectivity index (χ0) is 15.4. The van der Waals surface area contributed by atoms with Gasteiger partial charge >= 0.3 is 0 Å². The van der Waals surface area contributed by atoms with Gasteiger partial charge in [0.1, 0.15) is 5.02 Å². The topological polar surface area (TPSA) is 90.1 Å². The summed E-state index contributed by atoms with van der Waals surface area (Å²) in [5.41, 5.74) is 0.925. The van der Waals surface area contributed by atoms with Crippen LogP contribution in [0.2, 0.25) is 5.02 Å². The zero-order valence-corrected chi connectivity index (χ0v) is 12.0. The highest BCUT2D eigenvalue weighted by atomic mass is 35.5. The molecule has 0 aliphatic rings. The fourth-order valence-electron chi connectivity index (χ4n) is 1.82. The van der Waals surface area contributed by atoms with Crippen molar-refractivity contribution in [2.24, 2.45) is 7.05 Å². The van der Waals surface area contributed by atoms with Crippen molar-refractivity contribution in [2.45, 2.75) is 6.42 Å². The molecule has 0 radical (unpaired) electrons. The predicted molar refractivity (Wildman–Crippen MR) is 77.4 cm³/mol. The normalized spacial score (nSPS) is 10.4. The lowest BCUT2D eigenvalue weighted by Crippen LogP contribution is -2.25. The first-order valence-corrected chi connectivity index (χ1v) is 6.55. The molecule has 0 atom stereocenters. The van der Waals surface area contributed by atoms with E-state index in [1.165, 1.54) is 18.2 Å². The quantitative estimate of drug-likeness (QED) is 0.675. The molecule has 0 aliphatic carbocycles. The van der Waals surface area contributed by atoms with Gasteiger partial charge in [0.25, 0.3) is 11.6 Å². The molecule has 1 heterocycles. The van der Waals surface area contributed by atoms with E-state index < -0.39 is 4.92 Å². The highest BCUT2D eigenvalue weighted by Crippen LogP contribution is 2.24. The Labute approximate surface area is 125 Å². The van der Waals surface area contributed by atoms with Gasteiger partial charge < -0.3 is 5.32 Å². The van der Waals surface area contributed by atoms with Crippen molar-refractivity contribution in [3.05, 3.63) is 56.9 Å². The number of nitrogens with zero attached hydrogens (tertiary/aromatic N) is 3. The number of nitrogens with one attached hydrogen (secondary N) is 1. The van der Waals surface area contributed by atoms with E-state index in [2.05, 4.69) is 10.4 Å². The molecular formula is C13H13ClN4O3. The molecule has 21 heavy (non-hydrogen) atoms. The van der Waals surface area contributed by atoms with Crippen molar-refractivity contribution in [2.75, 3.05) is 6.54 Å². The van der Waals surface area contributed by atoms with E-state index in [1.807, 2.05) is 13.2 Å². The molecule has 0 fully saturated rings. The van der Waals surface area contributed by atoms with Crippen LogP contribution in [0.1, 0.15) is 15.9 Å². The molecule has 0 bridgehead atoms. The molecule has 8 heteroatoms. The van der Waals surface area contributed by atoms with Crippen LogP contribution < -0.4 is 5.32 Å². The van der Waals surface area contributed by atoms with Gasteiger partial charge in [-0.1, -0.05) is 11.6 Å². The van der Waals surface area contributed by atoms with E-state index in [1.54, 1.807) is 10.9 Å². The first kappa shape index (κ1) is 15.0. The molecular weight excluding hydrogens is 296 g/mol. The number of amides is 1. The van der Waals surface area contributed by atoms with E-state index >= 15 is 0 Å². The molecule has 0 unspecified atom stereocenters. The van der Waals surface area contributed by atoms with Gasteiger partial charge in [-0.3, -0.25) is 19.6 Å². The second kappa shape index (κ2) is 6.36. The molecule has 2 aromatic rings. The van der Waals surface area contributed by atoms with Crippen molar-refractivity contribution in [1.82, 2.24) is 15.1 Å². The van der Waals surface area contributed by atoms with Crippen LogP contribution in [0.15, 0.2) is 30.6 Å². The summed E-state index contributed by atoms with van der Waals surface area (Å²) in [7, 11) is 1.81. The molecule has 0 saturated carbocycles. The van der Waals surface area contributed by atoms with E-state index in [0.29, 0.717) is 13.0 Å². The number of halogens is 1. The summed E-state index contributed by atoms with van der Waals surface area (Å²) in [5, 5.41) is 17.5. The van der Waals surface area contributed by atoms with Crippen LogP contribution in [0.25, 0.3) is 0 Å². The number of carbonyl (C=O) groups excluding carboxylic acids is 1. The van der Waals surface area contributed by atoms with Crippen LogP contribution >= 0.6 is 11.6 Å². The Balaban J connectivity index is 1.97. The maximum Gasteiger partial charge on any atom is 0.288 e. The van der Waals surface area contributed by atoms with Gasteiger partial charge in [0.05, 0.1) is 11.1 Å². The van der Waals surface area contributed by atoms with Gasteiger partial charge in [0.2, 0.25) is 0 Å². The molecule has 110 valence electrons. The lowest BCUT2D eigenvalue weighted by Gasteiger charge is -2.04. The van der Waals surface area contributed by atoms with Crippen LogP contribution in [-0.4, -0.2) is 27.2 Å². The summed E-state index contributed by atoms with van der Waals surface area (Å²) in [6, 6.07) is 3.96. The number of nitro groups is 1. The minimum atomic E-state index is -0.616. The van der Waals surface area contributed by atoms with E-state index in [9.17, 15) is 14.9 Å². The van der Waals surface area contributed by atoms with Gasteiger partial charge in [0, 0.05) is 31.4 Å². The number of benzene rings is 1. The van der Waals surface area contributed by atoms with Crippen molar-refractivity contribution < 1.29 is 9.72 Å². The Hall–Kier alpha value is -2.41. The summed E-state index contributed by atoms with van der Waals surface area (Å²) in [4.78, 5) is 22.1. The van der Waals surface area contributed by atoms with Crippen LogP contribution in [0.3, 0.4) is 0 Å². The lowest BCUT2D eigenvalue weighted by atomic mass is 10.2. The molecule has 0 spiro atoms. The van der Waals surface area contributed by atoms with Crippen molar-refractivity contribution in [3.8, 4) is 0 Å². The average molecular weight is 309 g/mol. The number of hydrogen-bond acceptors (Lipinski definition) is 4. The Morgan fingerprint density at radius 3 is 2.90 bits per heavy atom. The van der Waals surface area contributed by atoms with Gasteiger partial charge in [-0.05, 0) is 24.1 Å². The first-order valence-electron chi connectivity index (χ1n) is 6.17. The number of carbonyl (C=O) groups is 1. The Morgan fingerprint density at radius 2 is 2.29 bits per heavy atom. The Kier molecular flexibility index (Phi) is 4.54. The van der Waals surface area contributed by atoms with Crippen molar-refractivity contribution in [3.63, 3.8) is 0 Å². The zero-order valence-electron chi connectivity index (χ0n) is 11.2. The Morgan fingerprint density at radius 1 is 1.52 bits per heavy atom. The molecule has 1 amide bonds. The second-order valence-corrected chi connectivity index (χ2v) is 4.86. The van der Waals surface area contributed by atoms with Crippen LogP contribution in [-0.2, 0) is 13.5 Å². The number of aryl methyl sites for hydroxylation is 1. The monoisotopic (exact) mass is 308 g/mol. The fourth-order valence-corrected chi connectivity index (χ4v) is 2.00. The van der Waals surface area contributed by atoms with E-state index in [-0.39, 0.29) is 22.2 Å². The predicted octanol–water partition coefficient (Wildman–Crippen LogP) is 1.95. The van der Waals surface area contributed by atoms with Gasteiger partial charge in [0.15, 0.2) is 0 Å². The summed E-state index contributed by atoms with van der Waals surface area (Å²) in [6.45, 7) is 0.418. The van der Waals surface area contributed by atoms with Crippen molar-refractivity contribution >= 4 is 23.2 Å². The molecule has 0 aliphatic heterocycles. The highest BCUT2D eigenvalue weighted by molar-refractivity contribution is 6.32. The number of hydrogen-bond donors (Lipinski definition) is 1. The third-order valence-electron chi connectivity index (χ3n) is 2.86. The molecule has 2 rings (SSSR count). The van der Waals surface area contributed by atoms with E-state index in [0.717, 1.165) is 5.56 Å². The maximum atomic E-state index is 11.9. The van der Waals surface area contributed by atoms with Crippen LogP contribution in [0.4, 0.5) is 5.69 Å². The van der Waals surface area contributed by atoms with Gasteiger partial charge in [-0.2, -0.15) is 5.10 Å². The average Bonchev–Trinajstić information content (AvgIpc) is 2.84. The minimum Gasteiger partial charge on any atom is -0.352 e. The molecule has 1 N–H and O–H groups in total. The first-order chi connectivity index (χ1) is 9.97. The summed E-state index contributed by atoms with van der Waals surface area (Å²) in [6.07, 6.45) is 4.22. The molecule has 0 saturated heterocycles. The molecule has 1 aromatic carbocycles. The van der Waals surface area contributed by atoms with Crippen molar-refractivity contribution in [1.29, 1.82) is 0 Å². The van der Waals surface area contributed by atoms with Crippen LogP contribution in [0.5, 0.6) is 0 Å². The highest BCUT2D eigenvalue weighted by Gasteiger charge is 2.16. The van der Waals surface area contributed by atoms with Crippen LogP contribution in [0, 0.1) is 10.1 Å². The fraction of sp³-hybridized carbons (Fsp3) is 0.231. The van der Waals surface area contributed by atoms with E-state index in [4.69, 9.17) is 11.6 Å². The number of aromatic nitrogens is 2. The molecule has 7 nitrogen and oxygen atoms in total. The standard InChI is InChI=1S/C13H13ClN4O3/c1-17-8-9(7-16-17)4-5-15-13(19)10-2-3-11(14)12(6-10)18(20)21/h2-3,6-8H,4-5H2,1H3,(H,15,19). The number of nitro benzene ring substituents is 1. The molecule has 1 aromatic heterocycles. The largest absolute Gasteiger partial charge is 0.352 e. The summed E-state index contributed by atoms with van der Waals surface area (Å²) < 4.78 is 1.68.